The van der Waals surface area contributed by atoms with E-state index in [1.54, 1.807) is 0 Å². The fourth-order valence-corrected chi connectivity index (χ4v) is 1.57. The van der Waals surface area contributed by atoms with E-state index in [4.69, 9.17) is 4.74 Å². The molecule has 1 atom stereocenters. The van der Waals surface area contributed by atoms with E-state index in [-0.39, 0.29) is 5.60 Å². The molecule has 1 aliphatic rings. The molecule has 0 aromatic carbocycles. The maximum atomic E-state index is 5.80. The molecule has 1 heterocycles. The Balaban J connectivity index is 2.15. The van der Waals surface area contributed by atoms with E-state index in [0.717, 1.165) is 13.1 Å². The zero-order valence-electron chi connectivity index (χ0n) is 8.10. The Morgan fingerprint density at radius 2 is 2.42 bits per heavy atom. The van der Waals surface area contributed by atoms with Crippen LogP contribution in [0.2, 0.25) is 0 Å². The van der Waals surface area contributed by atoms with Gasteiger partial charge in [0.25, 0.3) is 0 Å². The van der Waals surface area contributed by atoms with E-state index in [2.05, 4.69) is 25.7 Å². The molecule has 70 valence electrons. The zero-order chi connectivity index (χ0) is 9.03. The van der Waals surface area contributed by atoms with E-state index in [9.17, 15) is 0 Å². The lowest BCUT2D eigenvalue weighted by molar-refractivity contribution is -0.0138. The van der Waals surface area contributed by atoms with Gasteiger partial charge < -0.3 is 10.1 Å². The molecule has 0 amide bonds. The van der Waals surface area contributed by atoms with Crippen molar-refractivity contribution in [2.24, 2.45) is 0 Å². The largest absolute Gasteiger partial charge is 0.371 e. The minimum Gasteiger partial charge on any atom is -0.371 e. The predicted molar refractivity (Wildman–Crippen MR) is 51.3 cm³/mol. The molecule has 1 aliphatic heterocycles. The third kappa shape index (κ3) is 2.95. The van der Waals surface area contributed by atoms with Crippen molar-refractivity contribution in [2.45, 2.75) is 38.4 Å². The van der Waals surface area contributed by atoms with Gasteiger partial charge in [-0.05, 0) is 26.7 Å². The third-order valence-corrected chi connectivity index (χ3v) is 2.21. The Morgan fingerprint density at radius 1 is 1.67 bits per heavy atom. The first-order valence-corrected chi connectivity index (χ1v) is 4.63. The lowest BCUT2D eigenvalue weighted by atomic mass is 10.1. The predicted octanol–water partition coefficient (Wildman–Crippen LogP) is 1.72. The molecule has 1 unspecified atom stereocenters. The van der Waals surface area contributed by atoms with Gasteiger partial charge in [-0.2, -0.15) is 0 Å². The first-order chi connectivity index (χ1) is 5.64. The van der Waals surface area contributed by atoms with Gasteiger partial charge in [0.1, 0.15) is 0 Å². The summed E-state index contributed by atoms with van der Waals surface area (Å²) in [4.78, 5) is 0. The van der Waals surface area contributed by atoms with E-state index in [0.29, 0.717) is 6.10 Å². The van der Waals surface area contributed by atoms with Crippen molar-refractivity contribution >= 4 is 0 Å². The van der Waals surface area contributed by atoms with E-state index >= 15 is 0 Å². The van der Waals surface area contributed by atoms with E-state index < -0.39 is 0 Å². The zero-order valence-corrected chi connectivity index (χ0v) is 8.10. The van der Waals surface area contributed by atoms with Crippen molar-refractivity contribution < 1.29 is 4.74 Å². The topological polar surface area (TPSA) is 21.3 Å². The Morgan fingerprint density at radius 3 is 2.92 bits per heavy atom. The van der Waals surface area contributed by atoms with Gasteiger partial charge in [0.15, 0.2) is 0 Å². The van der Waals surface area contributed by atoms with Crippen LogP contribution in [0.15, 0.2) is 12.7 Å². The number of hydrogen-bond acceptors (Lipinski definition) is 2. The van der Waals surface area contributed by atoms with Crippen LogP contribution in [0.3, 0.4) is 0 Å². The van der Waals surface area contributed by atoms with Crippen LogP contribution in [0, 0.1) is 0 Å². The molecule has 1 rings (SSSR count). The monoisotopic (exact) mass is 169 g/mol. The molecular weight excluding hydrogens is 150 g/mol. The highest BCUT2D eigenvalue weighted by molar-refractivity contribution is 4.82. The molecule has 1 saturated heterocycles. The van der Waals surface area contributed by atoms with Gasteiger partial charge in [-0.15, -0.1) is 6.58 Å². The first kappa shape index (κ1) is 9.75. The van der Waals surface area contributed by atoms with E-state index in [1.807, 2.05) is 6.08 Å². The molecule has 12 heavy (non-hydrogen) atoms. The van der Waals surface area contributed by atoms with Gasteiger partial charge in [0.05, 0.1) is 11.7 Å². The fourth-order valence-electron chi connectivity index (χ4n) is 1.57. The molecular formula is C10H19NO. The molecule has 0 saturated carbocycles. The molecule has 0 aromatic rings. The summed E-state index contributed by atoms with van der Waals surface area (Å²) in [6, 6.07) is 0. The van der Waals surface area contributed by atoms with Gasteiger partial charge in [0, 0.05) is 13.1 Å². The number of rotatable bonds is 4. The maximum Gasteiger partial charge on any atom is 0.0707 e. The van der Waals surface area contributed by atoms with E-state index in [1.165, 1.54) is 12.8 Å². The van der Waals surface area contributed by atoms with Crippen LogP contribution in [0.5, 0.6) is 0 Å². The fraction of sp³-hybridized carbons (Fsp3) is 0.800. The highest BCUT2D eigenvalue weighted by atomic mass is 16.5. The first-order valence-electron chi connectivity index (χ1n) is 4.63. The van der Waals surface area contributed by atoms with Crippen LogP contribution in [-0.2, 0) is 4.74 Å². The highest BCUT2D eigenvalue weighted by Crippen LogP contribution is 2.28. The van der Waals surface area contributed by atoms with Gasteiger partial charge >= 0.3 is 0 Å². The quantitative estimate of drug-likeness (QED) is 0.511. The SMILES string of the molecule is C=CCNCC1CCC(C)(C)O1. The summed E-state index contributed by atoms with van der Waals surface area (Å²) in [5.74, 6) is 0. The van der Waals surface area contributed by atoms with Crippen LogP contribution in [0.25, 0.3) is 0 Å². The van der Waals surface area contributed by atoms with Crippen LogP contribution in [-0.4, -0.2) is 24.8 Å². The summed E-state index contributed by atoms with van der Waals surface area (Å²) >= 11 is 0. The average molecular weight is 169 g/mol. The van der Waals surface area contributed by atoms with Gasteiger partial charge in [-0.3, -0.25) is 0 Å². The van der Waals surface area contributed by atoms with Crippen LogP contribution in [0.4, 0.5) is 0 Å². The number of ether oxygens (including phenoxy) is 1. The summed E-state index contributed by atoms with van der Waals surface area (Å²) in [7, 11) is 0. The summed E-state index contributed by atoms with van der Waals surface area (Å²) in [6.07, 6.45) is 4.63. The highest BCUT2D eigenvalue weighted by Gasteiger charge is 2.30. The van der Waals surface area contributed by atoms with Crippen molar-refractivity contribution in [3.8, 4) is 0 Å². The second kappa shape index (κ2) is 4.06. The Bertz CT molecular complexity index is 154. The van der Waals surface area contributed by atoms with Crippen molar-refractivity contribution in [2.75, 3.05) is 13.1 Å². The molecule has 0 spiro atoms. The molecule has 2 heteroatoms. The molecule has 1 N–H and O–H groups in total. The van der Waals surface area contributed by atoms with Gasteiger partial charge in [0.2, 0.25) is 0 Å². The molecule has 1 fully saturated rings. The molecule has 0 bridgehead atoms. The Labute approximate surface area is 75.0 Å². The van der Waals surface area contributed by atoms with Crippen molar-refractivity contribution in [3.63, 3.8) is 0 Å². The van der Waals surface area contributed by atoms with Crippen molar-refractivity contribution in [3.05, 3.63) is 12.7 Å². The Hall–Kier alpha value is -0.340. The molecule has 0 aromatic heterocycles. The lowest BCUT2D eigenvalue weighted by Gasteiger charge is -2.19. The third-order valence-electron chi connectivity index (χ3n) is 2.21. The summed E-state index contributed by atoms with van der Waals surface area (Å²) < 4.78 is 5.80. The minimum atomic E-state index is 0.0977. The van der Waals surface area contributed by atoms with Crippen molar-refractivity contribution in [1.82, 2.24) is 5.32 Å². The molecule has 0 radical (unpaired) electrons. The smallest absolute Gasteiger partial charge is 0.0707 e. The Kier molecular flexibility index (Phi) is 3.29. The van der Waals surface area contributed by atoms with Crippen LogP contribution in [0.1, 0.15) is 26.7 Å². The summed E-state index contributed by atoms with van der Waals surface area (Å²) in [6.45, 7) is 9.79. The van der Waals surface area contributed by atoms with Gasteiger partial charge in [-0.25, -0.2) is 0 Å². The molecule has 0 aliphatic carbocycles. The van der Waals surface area contributed by atoms with Crippen LogP contribution >= 0.6 is 0 Å². The number of nitrogens with one attached hydrogen (secondary N) is 1. The summed E-state index contributed by atoms with van der Waals surface area (Å²) in [5, 5.41) is 3.27. The normalized spacial score (nSPS) is 27.3. The summed E-state index contributed by atoms with van der Waals surface area (Å²) in [5.41, 5.74) is 0.0977. The van der Waals surface area contributed by atoms with Gasteiger partial charge in [-0.1, -0.05) is 6.08 Å². The lowest BCUT2D eigenvalue weighted by Crippen LogP contribution is -2.29. The van der Waals surface area contributed by atoms with Crippen LogP contribution < -0.4 is 5.32 Å². The number of hydrogen-bond donors (Lipinski definition) is 1. The minimum absolute atomic E-state index is 0.0977. The standard InChI is InChI=1S/C10H19NO/c1-4-7-11-8-9-5-6-10(2,3)12-9/h4,9,11H,1,5-8H2,2-3H3. The second-order valence-corrected chi connectivity index (χ2v) is 3.99. The molecule has 2 nitrogen and oxygen atoms in total. The van der Waals surface area contributed by atoms with Crippen molar-refractivity contribution in [1.29, 1.82) is 0 Å². The average Bonchev–Trinajstić information content (AvgIpc) is 2.31. The maximum absolute atomic E-state index is 5.80. The second-order valence-electron chi connectivity index (χ2n) is 3.99.